The van der Waals surface area contributed by atoms with Gasteiger partial charge in [0.05, 0.1) is 5.69 Å². The van der Waals surface area contributed by atoms with Gasteiger partial charge in [0.1, 0.15) is 4.88 Å². The molecule has 1 rings (SSSR count). The van der Waals surface area contributed by atoms with Crippen molar-refractivity contribution in [2.24, 2.45) is 5.41 Å². The Morgan fingerprint density at radius 2 is 2.14 bits per heavy atom. The molecule has 1 heterocycles. The van der Waals surface area contributed by atoms with Crippen LogP contribution in [0.2, 0.25) is 0 Å². The Balaban J connectivity index is 2.56. The third kappa shape index (κ3) is 3.06. The van der Waals surface area contributed by atoms with Gasteiger partial charge in [0.2, 0.25) is 0 Å². The second-order valence-corrected chi connectivity index (χ2v) is 5.18. The first-order valence-corrected chi connectivity index (χ1v) is 5.24. The standard InChI is InChI=1S/C9H15N3OS/c1-6-7(14-12-11-6)8(13)10-5-9(2,3)4/h5H2,1-4H3,(H,10,13). The average Bonchev–Trinajstić information content (AvgIpc) is 2.46. The Morgan fingerprint density at radius 3 is 2.57 bits per heavy atom. The van der Waals surface area contributed by atoms with Crippen molar-refractivity contribution in [3.05, 3.63) is 10.6 Å². The van der Waals surface area contributed by atoms with E-state index in [2.05, 4.69) is 35.7 Å². The number of rotatable bonds is 2. The van der Waals surface area contributed by atoms with Gasteiger partial charge in [-0.05, 0) is 23.9 Å². The molecule has 78 valence electrons. The van der Waals surface area contributed by atoms with E-state index in [1.165, 1.54) is 0 Å². The predicted molar refractivity (Wildman–Crippen MR) is 56.4 cm³/mol. The lowest BCUT2D eigenvalue weighted by atomic mass is 9.97. The summed E-state index contributed by atoms with van der Waals surface area (Å²) in [6.07, 6.45) is 0. The number of carbonyl (C=O) groups excluding carboxylic acids is 1. The maximum atomic E-state index is 11.6. The molecule has 0 radical (unpaired) electrons. The Bertz CT molecular complexity index is 327. The van der Waals surface area contributed by atoms with Crippen LogP contribution in [0.3, 0.4) is 0 Å². The molecule has 0 bridgehead atoms. The molecule has 14 heavy (non-hydrogen) atoms. The molecular weight excluding hydrogens is 198 g/mol. The van der Waals surface area contributed by atoms with Gasteiger partial charge in [0, 0.05) is 6.54 Å². The highest BCUT2D eigenvalue weighted by atomic mass is 32.1. The minimum Gasteiger partial charge on any atom is -0.351 e. The third-order valence-electron chi connectivity index (χ3n) is 1.64. The molecule has 0 aliphatic heterocycles. The second kappa shape index (κ2) is 4.04. The first-order valence-electron chi connectivity index (χ1n) is 4.47. The highest BCUT2D eigenvalue weighted by molar-refractivity contribution is 7.07. The van der Waals surface area contributed by atoms with Crippen molar-refractivity contribution in [3.8, 4) is 0 Å². The number of amides is 1. The van der Waals surface area contributed by atoms with Gasteiger partial charge in [-0.3, -0.25) is 4.79 Å². The summed E-state index contributed by atoms with van der Waals surface area (Å²) in [5, 5.41) is 6.65. The topological polar surface area (TPSA) is 54.9 Å². The van der Waals surface area contributed by atoms with E-state index in [4.69, 9.17) is 0 Å². The first-order chi connectivity index (χ1) is 6.40. The Hall–Kier alpha value is -0.970. The third-order valence-corrected chi connectivity index (χ3v) is 2.46. The molecule has 0 aromatic carbocycles. The van der Waals surface area contributed by atoms with E-state index < -0.39 is 0 Å². The Labute approximate surface area is 87.9 Å². The molecule has 0 unspecified atom stereocenters. The molecule has 0 saturated carbocycles. The van der Waals surface area contributed by atoms with Gasteiger partial charge in [-0.1, -0.05) is 25.3 Å². The monoisotopic (exact) mass is 213 g/mol. The van der Waals surface area contributed by atoms with Crippen molar-refractivity contribution in [1.29, 1.82) is 0 Å². The molecular formula is C9H15N3OS. The van der Waals surface area contributed by atoms with E-state index in [0.29, 0.717) is 17.1 Å². The van der Waals surface area contributed by atoms with Gasteiger partial charge in [-0.25, -0.2) is 0 Å². The van der Waals surface area contributed by atoms with Gasteiger partial charge in [-0.2, -0.15) is 0 Å². The van der Waals surface area contributed by atoms with Crippen LogP contribution in [-0.4, -0.2) is 22.0 Å². The number of aryl methyl sites for hydroxylation is 1. The second-order valence-electron chi connectivity index (χ2n) is 4.43. The summed E-state index contributed by atoms with van der Waals surface area (Å²) in [6.45, 7) is 8.67. The van der Waals surface area contributed by atoms with Crippen molar-refractivity contribution in [2.45, 2.75) is 27.7 Å². The molecule has 1 amide bonds. The summed E-state index contributed by atoms with van der Waals surface area (Å²) in [4.78, 5) is 12.2. The van der Waals surface area contributed by atoms with Gasteiger partial charge < -0.3 is 5.32 Å². The van der Waals surface area contributed by atoms with Gasteiger partial charge in [0.15, 0.2) is 0 Å². The van der Waals surface area contributed by atoms with Crippen molar-refractivity contribution in [2.75, 3.05) is 6.54 Å². The van der Waals surface area contributed by atoms with Crippen molar-refractivity contribution in [1.82, 2.24) is 14.9 Å². The zero-order chi connectivity index (χ0) is 10.8. The first kappa shape index (κ1) is 11.1. The minimum absolute atomic E-state index is 0.0765. The van der Waals surface area contributed by atoms with Gasteiger partial charge in [-0.15, -0.1) is 5.10 Å². The molecule has 5 heteroatoms. The number of hydrogen-bond acceptors (Lipinski definition) is 4. The van der Waals surface area contributed by atoms with Crippen LogP contribution in [-0.2, 0) is 0 Å². The van der Waals surface area contributed by atoms with Crippen LogP contribution in [0.15, 0.2) is 0 Å². The number of nitrogens with one attached hydrogen (secondary N) is 1. The summed E-state index contributed by atoms with van der Waals surface area (Å²) in [7, 11) is 0. The zero-order valence-electron chi connectivity index (χ0n) is 8.92. The summed E-state index contributed by atoms with van der Waals surface area (Å²) in [5.41, 5.74) is 0.795. The van der Waals surface area contributed by atoms with E-state index in [1.54, 1.807) is 6.92 Å². The summed E-state index contributed by atoms with van der Waals surface area (Å²) < 4.78 is 3.72. The Kier molecular flexibility index (Phi) is 3.21. The van der Waals surface area contributed by atoms with E-state index in [0.717, 1.165) is 11.5 Å². The number of hydrogen-bond donors (Lipinski definition) is 1. The van der Waals surface area contributed by atoms with Crippen LogP contribution < -0.4 is 5.32 Å². The van der Waals surface area contributed by atoms with Crippen molar-refractivity contribution >= 4 is 17.4 Å². The molecule has 0 spiro atoms. The predicted octanol–water partition coefficient (Wildman–Crippen LogP) is 1.62. The smallest absolute Gasteiger partial charge is 0.264 e. The maximum absolute atomic E-state index is 11.6. The normalized spacial score (nSPS) is 11.4. The van der Waals surface area contributed by atoms with Gasteiger partial charge in [0.25, 0.3) is 5.91 Å². The quantitative estimate of drug-likeness (QED) is 0.812. The maximum Gasteiger partial charge on any atom is 0.264 e. The van der Waals surface area contributed by atoms with Crippen molar-refractivity contribution in [3.63, 3.8) is 0 Å². The SMILES string of the molecule is Cc1nnsc1C(=O)NCC(C)(C)C. The highest BCUT2D eigenvalue weighted by Crippen LogP contribution is 2.12. The van der Waals surface area contributed by atoms with E-state index in [1.807, 2.05) is 0 Å². The van der Waals surface area contributed by atoms with Crippen LogP contribution in [0, 0.1) is 12.3 Å². The summed E-state index contributed by atoms with van der Waals surface area (Å²) in [6, 6.07) is 0. The van der Waals surface area contributed by atoms with Crippen LogP contribution in [0.4, 0.5) is 0 Å². The molecule has 4 nitrogen and oxygen atoms in total. The van der Waals surface area contributed by atoms with E-state index >= 15 is 0 Å². The molecule has 0 atom stereocenters. The van der Waals surface area contributed by atoms with Crippen LogP contribution >= 0.6 is 11.5 Å². The molecule has 0 aliphatic rings. The fraction of sp³-hybridized carbons (Fsp3) is 0.667. The minimum atomic E-state index is -0.0765. The van der Waals surface area contributed by atoms with Gasteiger partial charge >= 0.3 is 0 Å². The van der Waals surface area contributed by atoms with Crippen LogP contribution in [0.5, 0.6) is 0 Å². The number of carbonyl (C=O) groups is 1. The van der Waals surface area contributed by atoms with Crippen LogP contribution in [0.1, 0.15) is 36.1 Å². The zero-order valence-corrected chi connectivity index (χ0v) is 9.73. The highest BCUT2D eigenvalue weighted by Gasteiger charge is 2.16. The summed E-state index contributed by atoms with van der Waals surface area (Å²) >= 11 is 1.14. The molecule has 0 aliphatic carbocycles. The molecule has 1 N–H and O–H groups in total. The summed E-state index contributed by atoms with van der Waals surface area (Å²) in [5.74, 6) is -0.0765. The largest absolute Gasteiger partial charge is 0.351 e. The lowest BCUT2D eigenvalue weighted by Gasteiger charge is -2.18. The molecule has 1 aromatic rings. The lowest BCUT2D eigenvalue weighted by molar-refractivity contribution is 0.0942. The fourth-order valence-corrected chi connectivity index (χ4v) is 1.44. The fourth-order valence-electron chi connectivity index (χ4n) is 0.865. The average molecular weight is 213 g/mol. The van der Waals surface area contributed by atoms with Crippen molar-refractivity contribution < 1.29 is 4.79 Å². The molecule has 0 fully saturated rings. The lowest BCUT2D eigenvalue weighted by Crippen LogP contribution is -2.32. The Morgan fingerprint density at radius 1 is 1.50 bits per heavy atom. The van der Waals surface area contributed by atoms with E-state index in [9.17, 15) is 4.79 Å². The van der Waals surface area contributed by atoms with Crippen LogP contribution in [0.25, 0.3) is 0 Å². The number of aromatic nitrogens is 2. The van der Waals surface area contributed by atoms with E-state index in [-0.39, 0.29) is 11.3 Å². The number of nitrogens with zero attached hydrogens (tertiary/aromatic N) is 2. The molecule has 0 saturated heterocycles. The molecule has 1 aromatic heterocycles.